The highest BCUT2D eigenvalue weighted by Gasteiger charge is 2.22. The van der Waals surface area contributed by atoms with Gasteiger partial charge in [-0.1, -0.05) is 54.4 Å². The van der Waals surface area contributed by atoms with Crippen LogP contribution < -0.4 is 0 Å². The Bertz CT molecular complexity index is 234. The van der Waals surface area contributed by atoms with Crippen LogP contribution in [0.1, 0.15) is 67.2 Å². The third-order valence-electron chi connectivity index (χ3n) is 3.18. The molecule has 0 radical (unpaired) electrons. The number of rotatable bonds is 8. The lowest BCUT2D eigenvalue weighted by molar-refractivity contribution is -0.0105. The van der Waals surface area contributed by atoms with Crippen LogP contribution in [0.15, 0.2) is 0 Å². The van der Waals surface area contributed by atoms with E-state index in [0.29, 0.717) is 12.5 Å². The number of unbranched alkanes of at least 4 members (excludes halogenated alkanes) is 1. The van der Waals surface area contributed by atoms with Gasteiger partial charge >= 0.3 is 6.16 Å². The van der Waals surface area contributed by atoms with Gasteiger partial charge in [-0.25, -0.2) is 4.79 Å². The number of carbonyl (C=O) groups is 1. The molecule has 0 saturated carbocycles. The number of hydrogen-bond donors (Lipinski definition) is 0. The molecule has 0 aromatic rings. The van der Waals surface area contributed by atoms with Crippen LogP contribution in [0.4, 0.5) is 4.79 Å². The minimum Gasteiger partial charge on any atom is -0.434 e. The van der Waals surface area contributed by atoms with Crippen molar-refractivity contribution in [1.82, 2.24) is 0 Å². The van der Waals surface area contributed by atoms with Crippen LogP contribution in [0.25, 0.3) is 0 Å². The van der Waals surface area contributed by atoms with Crippen LogP contribution >= 0.6 is 0 Å². The molecular formula is C15H30O3. The molecule has 3 nitrogen and oxygen atoms in total. The van der Waals surface area contributed by atoms with E-state index in [1.54, 1.807) is 0 Å². The monoisotopic (exact) mass is 258 g/mol. The molecule has 0 aromatic carbocycles. The third-order valence-corrected chi connectivity index (χ3v) is 3.18. The zero-order valence-electron chi connectivity index (χ0n) is 12.9. The van der Waals surface area contributed by atoms with Gasteiger partial charge in [0.1, 0.15) is 12.7 Å². The van der Waals surface area contributed by atoms with E-state index in [0.717, 1.165) is 19.3 Å². The second-order valence-electron chi connectivity index (χ2n) is 6.12. The lowest BCUT2D eigenvalue weighted by Gasteiger charge is -2.25. The van der Waals surface area contributed by atoms with Crippen LogP contribution in [0, 0.1) is 11.3 Å². The maximum atomic E-state index is 11.6. The first-order chi connectivity index (χ1) is 8.32. The van der Waals surface area contributed by atoms with Crippen molar-refractivity contribution in [2.75, 3.05) is 6.61 Å². The fraction of sp³-hybridized carbons (Fsp3) is 0.933. The van der Waals surface area contributed by atoms with Gasteiger partial charge in [0, 0.05) is 0 Å². The number of hydrogen-bond acceptors (Lipinski definition) is 3. The average Bonchev–Trinajstić information content (AvgIpc) is 2.30. The number of ether oxygens (including phenoxy) is 2. The quantitative estimate of drug-likeness (QED) is 0.587. The summed E-state index contributed by atoms with van der Waals surface area (Å²) in [5.74, 6) is 0.329. The molecule has 0 aromatic heterocycles. The summed E-state index contributed by atoms with van der Waals surface area (Å²) in [4.78, 5) is 11.6. The molecule has 108 valence electrons. The summed E-state index contributed by atoms with van der Waals surface area (Å²) in [5, 5.41) is 0. The Morgan fingerprint density at radius 1 is 1.22 bits per heavy atom. The highest BCUT2D eigenvalue weighted by molar-refractivity contribution is 5.60. The van der Waals surface area contributed by atoms with E-state index >= 15 is 0 Å². The van der Waals surface area contributed by atoms with Crippen molar-refractivity contribution < 1.29 is 14.3 Å². The van der Waals surface area contributed by atoms with E-state index in [9.17, 15) is 4.79 Å². The van der Waals surface area contributed by atoms with Crippen molar-refractivity contribution in [2.45, 2.75) is 73.3 Å². The van der Waals surface area contributed by atoms with Gasteiger partial charge < -0.3 is 9.47 Å². The molecule has 1 atom stereocenters. The van der Waals surface area contributed by atoms with E-state index in [4.69, 9.17) is 9.47 Å². The second kappa shape index (κ2) is 8.39. The van der Waals surface area contributed by atoms with Gasteiger partial charge in [-0.2, -0.15) is 0 Å². The normalized spacial score (nSPS) is 13.5. The maximum Gasteiger partial charge on any atom is 0.508 e. The van der Waals surface area contributed by atoms with E-state index in [1.807, 2.05) is 20.8 Å². The van der Waals surface area contributed by atoms with Gasteiger partial charge in [0.05, 0.1) is 0 Å². The first-order valence-corrected chi connectivity index (χ1v) is 7.15. The topological polar surface area (TPSA) is 35.5 Å². The molecule has 18 heavy (non-hydrogen) atoms. The average molecular weight is 258 g/mol. The van der Waals surface area contributed by atoms with Crippen LogP contribution in [0.5, 0.6) is 0 Å². The Kier molecular flexibility index (Phi) is 8.05. The SMILES string of the molecule is CCCCC(C)(C)COC(=O)OC(CC)C(C)C. The first-order valence-electron chi connectivity index (χ1n) is 7.15. The summed E-state index contributed by atoms with van der Waals surface area (Å²) in [7, 11) is 0. The van der Waals surface area contributed by atoms with Crippen LogP contribution in [-0.4, -0.2) is 18.9 Å². The molecule has 0 rings (SSSR count). The van der Waals surface area contributed by atoms with Gasteiger partial charge in [-0.3, -0.25) is 0 Å². The smallest absolute Gasteiger partial charge is 0.434 e. The molecule has 0 spiro atoms. The zero-order valence-corrected chi connectivity index (χ0v) is 12.9. The predicted molar refractivity (Wildman–Crippen MR) is 74.7 cm³/mol. The molecule has 0 bridgehead atoms. The summed E-state index contributed by atoms with van der Waals surface area (Å²) in [5.41, 5.74) is 0.0363. The van der Waals surface area contributed by atoms with Gasteiger partial charge in [0.15, 0.2) is 0 Å². The molecule has 0 fully saturated rings. The molecule has 0 amide bonds. The van der Waals surface area contributed by atoms with E-state index < -0.39 is 6.16 Å². The van der Waals surface area contributed by atoms with Gasteiger partial charge in [-0.15, -0.1) is 0 Å². The summed E-state index contributed by atoms with van der Waals surface area (Å²) < 4.78 is 10.5. The molecular weight excluding hydrogens is 228 g/mol. The van der Waals surface area contributed by atoms with Crippen LogP contribution in [0.2, 0.25) is 0 Å². The minimum absolute atomic E-state index is 0.0363. The molecule has 0 N–H and O–H groups in total. The fourth-order valence-electron chi connectivity index (χ4n) is 1.83. The minimum atomic E-state index is -0.528. The van der Waals surface area contributed by atoms with Crippen molar-refractivity contribution >= 4 is 6.16 Å². The number of carbonyl (C=O) groups excluding carboxylic acids is 1. The van der Waals surface area contributed by atoms with Crippen molar-refractivity contribution in [3.63, 3.8) is 0 Å². The summed E-state index contributed by atoms with van der Waals surface area (Å²) in [6, 6.07) is 0. The molecule has 3 heteroatoms. The van der Waals surface area contributed by atoms with E-state index in [-0.39, 0.29) is 11.5 Å². The molecule has 0 aliphatic carbocycles. The van der Waals surface area contributed by atoms with Gasteiger partial charge in [-0.05, 0) is 24.2 Å². The Balaban J connectivity index is 4.02. The van der Waals surface area contributed by atoms with Crippen LogP contribution in [0.3, 0.4) is 0 Å². The Hall–Kier alpha value is -0.730. The van der Waals surface area contributed by atoms with Crippen molar-refractivity contribution in [1.29, 1.82) is 0 Å². The summed E-state index contributed by atoms with van der Waals surface area (Å²) >= 11 is 0. The maximum absolute atomic E-state index is 11.6. The second-order valence-corrected chi connectivity index (χ2v) is 6.12. The van der Waals surface area contributed by atoms with Crippen molar-refractivity contribution in [3.05, 3.63) is 0 Å². The largest absolute Gasteiger partial charge is 0.508 e. The summed E-state index contributed by atoms with van der Waals surface area (Å²) in [6.45, 7) is 13.0. The first kappa shape index (κ1) is 17.3. The van der Waals surface area contributed by atoms with Gasteiger partial charge in [0.2, 0.25) is 0 Å². The molecule has 1 unspecified atom stereocenters. The Morgan fingerprint density at radius 2 is 1.83 bits per heavy atom. The van der Waals surface area contributed by atoms with E-state index in [2.05, 4.69) is 20.8 Å². The molecule has 0 saturated heterocycles. The van der Waals surface area contributed by atoms with Gasteiger partial charge in [0.25, 0.3) is 0 Å². The predicted octanol–water partition coefficient (Wildman–Crippen LogP) is 4.79. The Morgan fingerprint density at radius 3 is 2.28 bits per heavy atom. The molecule has 0 heterocycles. The highest BCUT2D eigenvalue weighted by atomic mass is 16.7. The Labute approximate surface area is 112 Å². The zero-order chi connectivity index (χ0) is 14.2. The fourth-order valence-corrected chi connectivity index (χ4v) is 1.83. The van der Waals surface area contributed by atoms with Crippen molar-refractivity contribution in [2.24, 2.45) is 11.3 Å². The van der Waals surface area contributed by atoms with Crippen molar-refractivity contribution in [3.8, 4) is 0 Å². The molecule has 0 aliphatic heterocycles. The standard InChI is InChI=1S/C15H30O3/c1-7-9-10-15(5,6)11-17-14(16)18-13(8-2)12(3)4/h12-13H,7-11H2,1-6H3. The highest BCUT2D eigenvalue weighted by Crippen LogP contribution is 2.24. The lowest BCUT2D eigenvalue weighted by Crippen LogP contribution is -2.27. The third kappa shape index (κ3) is 7.57. The van der Waals surface area contributed by atoms with Crippen LogP contribution in [-0.2, 0) is 9.47 Å². The lowest BCUT2D eigenvalue weighted by atomic mass is 9.88. The summed E-state index contributed by atoms with van der Waals surface area (Å²) in [6.07, 6.45) is 3.65. The van der Waals surface area contributed by atoms with E-state index in [1.165, 1.54) is 6.42 Å². The molecule has 0 aliphatic rings.